The van der Waals surface area contributed by atoms with Crippen LogP contribution >= 0.6 is 0 Å². The fourth-order valence-electron chi connectivity index (χ4n) is 0. The molecule has 0 aromatic heterocycles. The molecule has 0 heterocycles. The van der Waals surface area contributed by atoms with Gasteiger partial charge in [0, 0.05) is 67.9 Å². The maximum Gasteiger partial charge on any atom is 0 e. The number of rotatable bonds is 0. The number of hydrogen-bond donors (Lipinski definition) is 0. The van der Waals surface area contributed by atoms with Crippen LogP contribution in [0.1, 0.15) is 0 Å². The van der Waals surface area contributed by atoms with E-state index in [0.717, 1.165) is 0 Å². The van der Waals surface area contributed by atoms with Crippen LogP contribution < -0.4 is 0 Å². The Labute approximate surface area is 82.9 Å². The Morgan fingerprint density at radius 1 is 0.600 bits per heavy atom. The van der Waals surface area contributed by atoms with Crippen molar-refractivity contribution in [2.24, 2.45) is 0 Å². The largest absolute Gasteiger partial charge is 0.412 e. The molecular weight excluding hydrogens is 251 g/mol. The van der Waals surface area contributed by atoms with Crippen LogP contribution in [0.4, 0.5) is 0 Å². The van der Waals surface area contributed by atoms with Crippen molar-refractivity contribution in [3.05, 3.63) is 0 Å². The quantitative estimate of drug-likeness (QED) is 0.459. The normalized spacial score (nSPS) is 0. The molecule has 0 aromatic rings. The summed E-state index contributed by atoms with van der Waals surface area (Å²) in [6.07, 6.45) is 0. The summed E-state index contributed by atoms with van der Waals surface area (Å²) in [4.78, 5) is 0. The van der Waals surface area contributed by atoms with Gasteiger partial charge in [-0.05, 0) is 0 Å². The van der Waals surface area contributed by atoms with Gasteiger partial charge in [-0.3, -0.25) is 0 Å². The fourth-order valence-corrected chi connectivity index (χ4v) is 0. The Morgan fingerprint density at radius 3 is 0.600 bits per heavy atom. The molecule has 3 nitrogen and oxygen atoms in total. The summed E-state index contributed by atoms with van der Waals surface area (Å²) in [5.41, 5.74) is 0. The van der Waals surface area contributed by atoms with Crippen LogP contribution in [0.15, 0.2) is 0 Å². The van der Waals surface area contributed by atoms with Gasteiger partial charge in [-0.15, -0.1) is 0 Å². The molecule has 0 unspecified atom stereocenters. The van der Waals surface area contributed by atoms with Crippen LogP contribution in [0.3, 0.4) is 0 Å². The first kappa shape index (κ1) is 61.4. The topological polar surface area (TPSA) is 94.5 Å². The molecule has 2 radical (unpaired) electrons. The van der Waals surface area contributed by atoms with E-state index in [4.69, 9.17) is 0 Å². The van der Waals surface area contributed by atoms with Crippen LogP contribution in [0.2, 0.25) is 0 Å². The second kappa shape index (κ2) is 36.7. The van der Waals surface area contributed by atoms with Gasteiger partial charge < -0.3 is 16.4 Å². The van der Waals surface area contributed by atoms with E-state index in [0.29, 0.717) is 0 Å². The average Bonchev–Trinajstić information content (AvgIpc) is 0. The van der Waals surface area contributed by atoms with Gasteiger partial charge in [-0.2, -0.15) is 0 Å². The first-order chi connectivity index (χ1) is 0. The molecule has 0 amide bonds. The molecule has 0 atom stereocenters. The fraction of sp³-hybridized carbons (Fsp3) is 0. The smallest absolute Gasteiger partial charge is 0 e. The van der Waals surface area contributed by atoms with Gasteiger partial charge in [0.15, 0.2) is 0 Å². The minimum Gasteiger partial charge on any atom is -0.412 e. The van der Waals surface area contributed by atoms with Gasteiger partial charge >= 0.3 is 0 Å². The van der Waals surface area contributed by atoms with Crippen molar-refractivity contribution in [3.8, 4) is 0 Å². The van der Waals surface area contributed by atoms with Crippen molar-refractivity contribution in [1.82, 2.24) is 0 Å². The molecule has 5 heavy (non-hydrogen) atoms. The van der Waals surface area contributed by atoms with Crippen LogP contribution in [0, 0.1) is 49.4 Å². The molecule has 0 bridgehead atoms. The molecule has 0 aromatic carbocycles. The summed E-state index contributed by atoms with van der Waals surface area (Å²) in [5, 5.41) is 0. The molecule has 0 aliphatic heterocycles. The summed E-state index contributed by atoms with van der Waals surface area (Å²) in [7, 11) is 0. The summed E-state index contributed by atoms with van der Waals surface area (Å²) < 4.78 is 0. The third-order valence-electron chi connectivity index (χ3n) is 0. The summed E-state index contributed by atoms with van der Waals surface area (Å²) in [6.45, 7) is 0. The number of hydrogen-bond acceptors (Lipinski definition) is 0. The van der Waals surface area contributed by atoms with E-state index in [1.54, 1.807) is 0 Å². The Bertz CT molecular complexity index is 6.85. The molecule has 6 N–H and O–H groups in total. The standard InChI is InChI=1S/Eu.3H2O.V/h;3*1H2;. The van der Waals surface area contributed by atoms with Crippen molar-refractivity contribution < 1.29 is 84.4 Å². The maximum atomic E-state index is 0. The maximum absolute atomic E-state index is 0. The van der Waals surface area contributed by atoms with E-state index in [9.17, 15) is 0 Å². The van der Waals surface area contributed by atoms with E-state index in [-0.39, 0.29) is 84.4 Å². The molecule has 0 saturated carbocycles. The van der Waals surface area contributed by atoms with Gasteiger partial charge in [-0.1, -0.05) is 0 Å². The van der Waals surface area contributed by atoms with Gasteiger partial charge in [0.25, 0.3) is 0 Å². The molecule has 0 spiro atoms. The zero-order valence-corrected chi connectivity index (χ0v) is 6.15. The molecule has 5 heteroatoms. The minimum atomic E-state index is 0. The first-order valence-electron chi connectivity index (χ1n) is 0. The van der Waals surface area contributed by atoms with Crippen molar-refractivity contribution >= 4 is 0 Å². The van der Waals surface area contributed by atoms with Gasteiger partial charge in [0.2, 0.25) is 0 Å². The third-order valence-corrected chi connectivity index (χ3v) is 0. The van der Waals surface area contributed by atoms with Crippen LogP contribution in [0.5, 0.6) is 0 Å². The third kappa shape index (κ3) is 23.6. The Kier molecular flexibility index (Phi) is 451. The van der Waals surface area contributed by atoms with Crippen molar-refractivity contribution in [3.63, 3.8) is 0 Å². The second-order valence-electron chi connectivity index (χ2n) is 0. The molecule has 0 aliphatic carbocycles. The molecule has 36 valence electrons. The Balaban J connectivity index is 0. The van der Waals surface area contributed by atoms with E-state index < -0.39 is 0 Å². The van der Waals surface area contributed by atoms with E-state index in [1.165, 1.54) is 0 Å². The Hall–Kier alpha value is 2.05. The van der Waals surface area contributed by atoms with Crippen molar-refractivity contribution in [2.75, 3.05) is 0 Å². The van der Waals surface area contributed by atoms with E-state index in [2.05, 4.69) is 0 Å². The molecular formula is H6EuO3V. The second-order valence-corrected chi connectivity index (χ2v) is 0. The summed E-state index contributed by atoms with van der Waals surface area (Å²) in [6, 6.07) is 0. The van der Waals surface area contributed by atoms with E-state index in [1.807, 2.05) is 0 Å². The zero-order valence-electron chi connectivity index (χ0n) is 2.33. The van der Waals surface area contributed by atoms with Gasteiger partial charge in [-0.25, -0.2) is 0 Å². The van der Waals surface area contributed by atoms with Crippen molar-refractivity contribution in [1.29, 1.82) is 0 Å². The summed E-state index contributed by atoms with van der Waals surface area (Å²) in [5.74, 6) is 0. The van der Waals surface area contributed by atoms with Gasteiger partial charge in [0.05, 0.1) is 0 Å². The van der Waals surface area contributed by atoms with Gasteiger partial charge in [0.1, 0.15) is 0 Å². The zero-order chi connectivity index (χ0) is 0. The van der Waals surface area contributed by atoms with Crippen LogP contribution in [-0.4, -0.2) is 16.4 Å². The predicted octanol–water partition coefficient (Wildman–Crippen LogP) is -2.48. The van der Waals surface area contributed by atoms with Crippen LogP contribution in [-0.2, 0) is 18.6 Å². The van der Waals surface area contributed by atoms with Crippen LogP contribution in [0.25, 0.3) is 0 Å². The minimum absolute atomic E-state index is 0. The predicted molar refractivity (Wildman–Crippen MR) is 10.8 cm³/mol. The summed E-state index contributed by atoms with van der Waals surface area (Å²) >= 11 is 0. The molecule has 0 saturated heterocycles. The monoisotopic (exact) mass is 258 g/mol. The molecule has 0 rings (SSSR count). The molecule has 0 aliphatic rings. The average molecular weight is 257 g/mol. The first-order valence-corrected chi connectivity index (χ1v) is 0. The van der Waals surface area contributed by atoms with Crippen molar-refractivity contribution in [2.45, 2.75) is 0 Å². The van der Waals surface area contributed by atoms with E-state index >= 15 is 0 Å². The SMILES string of the molecule is O.O.O.[Eu].[V]. The Morgan fingerprint density at radius 2 is 0.600 bits per heavy atom. The molecule has 0 fully saturated rings.